The van der Waals surface area contributed by atoms with Crippen molar-refractivity contribution in [1.29, 1.82) is 0 Å². The molecule has 3 aromatic rings. The average Bonchev–Trinajstić information content (AvgIpc) is 3.42. The summed E-state index contributed by atoms with van der Waals surface area (Å²) < 4.78 is 16.7. The van der Waals surface area contributed by atoms with Crippen molar-refractivity contribution in [2.75, 3.05) is 4.90 Å². The molecule has 6 rings (SSSR count). The van der Waals surface area contributed by atoms with Crippen molar-refractivity contribution in [1.82, 2.24) is 0 Å². The Morgan fingerprint density at radius 2 is 0.864 bits per heavy atom. The highest BCUT2D eigenvalue weighted by Crippen LogP contribution is 2.63. The molecule has 0 spiro atoms. The minimum absolute atomic E-state index is 0.916. The van der Waals surface area contributed by atoms with E-state index in [1.165, 1.54) is 0 Å². The van der Waals surface area contributed by atoms with E-state index in [4.69, 9.17) is 14.2 Å². The molecule has 0 aromatic heterocycles. The minimum atomic E-state index is 0.916. The topological polar surface area (TPSA) is 40.8 Å². The normalized spacial score (nSPS) is 13.6. The Morgan fingerprint density at radius 3 is 1.23 bits per heavy atom. The van der Waals surface area contributed by atoms with Gasteiger partial charge in [0.15, 0.2) is 34.5 Å². The highest BCUT2D eigenvalue weighted by Gasteiger charge is 2.37. The third-order valence-electron chi connectivity index (χ3n) is 4.11. The van der Waals surface area contributed by atoms with Gasteiger partial charge in [0.05, 0.1) is 17.1 Å². The Bertz CT molecular complexity index is 853. The van der Waals surface area contributed by atoms with Crippen molar-refractivity contribution in [3.63, 3.8) is 0 Å². The molecule has 0 aliphatic carbocycles. The maximum atomic E-state index is 5.58. The van der Waals surface area contributed by atoms with Crippen molar-refractivity contribution in [2.45, 2.75) is 0 Å². The van der Waals surface area contributed by atoms with E-state index >= 15 is 0 Å². The summed E-state index contributed by atoms with van der Waals surface area (Å²) in [5.41, 5.74) is 3.01. The molecular weight excluding hydrogens is 278 g/mol. The number of anilines is 3. The number of ether oxygens (including phenoxy) is 3. The van der Waals surface area contributed by atoms with Gasteiger partial charge in [0.1, 0.15) is 0 Å². The first-order valence-corrected chi connectivity index (χ1v) is 7.13. The molecule has 3 aliphatic heterocycles. The zero-order valence-electron chi connectivity index (χ0n) is 11.4. The van der Waals surface area contributed by atoms with Gasteiger partial charge in [-0.2, -0.15) is 0 Å². The molecule has 0 fully saturated rings. The van der Waals surface area contributed by atoms with Crippen molar-refractivity contribution in [2.24, 2.45) is 0 Å². The fraction of sp³-hybridized carbons (Fsp3) is 0. The van der Waals surface area contributed by atoms with E-state index in [2.05, 4.69) is 23.1 Å². The summed E-state index contributed by atoms with van der Waals surface area (Å²) in [5, 5.41) is 0. The average molecular weight is 287 g/mol. The molecule has 0 saturated carbocycles. The Hall–Kier alpha value is -3.14. The fourth-order valence-corrected chi connectivity index (χ4v) is 2.94. The lowest BCUT2D eigenvalue weighted by molar-refractivity contribution is 0.644. The van der Waals surface area contributed by atoms with Crippen LogP contribution in [0.4, 0.5) is 17.1 Å². The van der Waals surface area contributed by atoms with Crippen LogP contribution in [0.25, 0.3) is 0 Å². The van der Waals surface area contributed by atoms with Crippen LogP contribution in [0.2, 0.25) is 0 Å². The van der Waals surface area contributed by atoms with Crippen LogP contribution in [-0.2, 0) is 0 Å². The molecule has 4 nitrogen and oxygen atoms in total. The number of para-hydroxylation sites is 3. The van der Waals surface area contributed by atoms with Crippen LogP contribution in [0.3, 0.4) is 0 Å². The highest BCUT2D eigenvalue weighted by atomic mass is 16.6. The quantitative estimate of drug-likeness (QED) is 0.404. The lowest BCUT2D eigenvalue weighted by Gasteiger charge is -2.22. The van der Waals surface area contributed by atoms with Crippen LogP contribution in [0.1, 0.15) is 0 Å². The fourth-order valence-electron chi connectivity index (χ4n) is 2.94. The van der Waals surface area contributed by atoms with Gasteiger partial charge in [0, 0.05) is 0 Å². The molecule has 104 valence electrons. The van der Waals surface area contributed by atoms with E-state index < -0.39 is 0 Å². The van der Waals surface area contributed by atoms with Gasteiger partial charge in [-0.25, -0.2) is 0 Å². The first-order valence-electron chi connectivity index (χ1n) is 7.13. The molecule has 3 aromatic carbocycles. The minimum Gasteiger partial charge on any atom is -0.447 e. The van der Waals surface area contributed by atoms with Crippen LogP contribution >= 0.6 is 0 Å². The van der Waals surface area contributed by atoms with Crippen LogP contribution in [-0.4, -0.2) is 0 Å². The third-order valence-corrected chi connectivity index (χ3v) is 4.11. The zero-order chi connectivity index (χ0) is 14.3. The van der Waals surface area contributed by atoms with Crippen molar-refractivity contribution >= 4 is 17.1 Å². The van der Waals surface area contributed by atoms with E-state index in [1.54, 1.807) is 0 Å². The Kier molecular flexibility index (Phi) is 1.61. The Balaban J connectivity index is 1.62. The number of fused-ring (bicyclic) bond motifs is 3. The molecule has 0 bridgehead atoms. The van der Waals surface area contributed by atoms with E-state index in [9.17, 15) is 0 Å². The second-order valence-corrected chi connectivity index (χ2v) is 5.45. The largest absolute Gasteiger partial charge is 0.447 e. The summed E-state index contributed by atoms with van der Waals surface area (Å²) in [7, 11) is 0. The highest BCUT2D eigenvalue weighted by molar-refractivity contribution is 5.93. The zero-order valence-corrected chi connectivity index (χ0v) is 11.4. The molecule has 0 saturated heterocycles. The Morgan fingerprint density at radius 1 is 0.500 bits per heavy atom. The van der Waals surface area contributed by atoms with Crippen molar-refractivity contribution in [3.8, 4) is 34.5 Å². The molecule has 0 unspecified atom stereocenters. The number of nitrogens with zero attached hydrogens (tertiary/aromatic N) is 1. The summed E-state index contributed by atoms with van der Waals surface area (Å²) in [6.07, 6.45) is 0. The van der Waals surface area contributed by atoms with E-state index in [-0.39, 0.29) is 0 Å². The number of hydrogen-bond donors (Lipinski definition) is 0. The molecule has 0 N–H and O–H groups in total. The van der Waals surface area contributed by atoms with Crippen LogP contribution < -0.4 is 19.1 Å². The summed E-state index contributed by atoms with van der Waals surface area (Å²) in [5.74, 6) is 5.53. The van der Waals surface area contributed by atoms with Crippen molar-refractivity contribution in [3.05, 3.63) is 54.6 Å². The maximum absolute atomic E-state index is 5.58. The van der Waals surface area contributed by atoms with Crippen LogP contribution in [0, 0.1) is 0 Å². The van der Waals surface area contributed by atoms with Gasteiger partial charge in [-0.15, -0.1) is 0 Å². The predicted octanol–water partition coefficient (Wildman–Crippen LogP) is 5.47. The standard InChI is InChI=1S/C18H9NO3/c1-4-10(16-13(7-1)20-16)19(11-5-2-8-14-17(11)21-14)12-6-3-9-15-18(12)22-15/h1-9H. The van der Waals surface area contributed by atoms with Gasteiger partial charge in [-0.3, -0.25) is 4.90 Å². The van der Waals surface area contributed by atoms with Gasteiger partial charge >= 0.3 is 0 Å². The number of rotatable bonds is 3. The molecule has 4 heteroatoms. The first kappa shape index (κ1) is 10.6. The van der Waals surface area contributed by atoms with Crippen molar-refractivity contribution < 1.29 is 14.2 Å². The maximum Gasteiger partial charge on any atom is 0.194 e. The molecule has 3 aliphatic rings. The van der Waals surface area contributed by atoms with E-state index in [1.807, 2.05) is 36.4 Å². The molecule has 3 heterocycles. The number of benzene rings is 3. The molecule has 0 radical (unpaired) electrons. The summed E-state index contributed by atoms with van der Waals surface area (Å²) in [4.78, 5) is 2.14. The van der Waals surface area contributed by atoms with E-state index in [0.29, 0.717) is 0 Å². The molecule has 0 amide bonds. The molecule has 0 atom stereocenters. The van der Waals surface area contributed by atoms with Gasteiger partial charge in [-0.05, 0) is 36.4 Å². The van der Waals surface area contributed by atoms with Crippen LogP contribution in [0.15, 0.2) is 54.6 Å². The summed E-state index contributed by atoms with van der Waals surface area (Å²) in [6, 6.07) is 18.1. The molecular formula is C18H9NO3. The summed E-state index contributed by atoms with van der Waals surface area (Å²) >= 11 is 0. The molecule has 22 heavy (non-hydrogen) atoms. The summed E-state index contributed by atoms with van der Waals surface area (Å²) in [6.45, 7) is 0. The second-order valence-electron chi connectivity index (χ2n) is 5.45. The van der Waals surface area contributed by atoms with Gasteiger partial charge in [0.25, 0.3) is 0 Å². The van der Waals surface area contributed by atoms with Crippen LogP contribution in [0.5, 0.6) is 34.5 Å². The van der Waals surface area contributed by atoms with Gasteiger partial charge < -0.3 is 14.2 Å². The smallest absolute Gasteiger partial charge is 0.194 e. The van der Waals surface area contributed by atoms with E-state index in [0.717, 1.165) is 51.6 Å². The lowest BCUT2D eigenvalue weighted by atomic mass is 10.2. The monoisotopic (exact) mass is 287 g/mol. The first-order chi connectivity index (χ1) is 10.9. The second kappa shape index (κ2) is 3.36. The Labute approximate surface area is 126 Å². The lowest BCUT2D eigenvalue weighted by Crippen LogP contribution is -2.07. The number of hydrogen-bond acceptors (Lipinski definition) is 4. The third kappa shape index (κ3) is 1.31. The SMILES string of the molecule is c1cc2c(c(N(c3cccc4c3O4)c3cccc4c3O4)c1)O2. The predicted molar refractivity (Wildman–Crippen MR) is 81.3 cm³/mol. The van der Waals surface area contributed by atoms with Gasteiger partial charge in [0.2, 0.25) is 0 Å². The van der Waals surface area contributed by atoms with Gasteiger partial charge in [-0.1, -0.05) is 18.2 Å².